The number of anilines is 2. The van der Waals surface area contributed by atoms with Crippen LogP contribution in [0.5, 0.6) is 0 Å². The number of fused-ring (bicyclic) bond motifs is 1. The Hall–Kier alpha value is -3.89. The zero-order chi connectivity index (χ0) is 26.5. The van der Waals surface area contributed by atoms with Crippen molar-refractivity contribution < 1.29 is 18.7 Å². The minimum atomic E-state index is -0.595. The van der Waals surface area contributed by atoms with Crippen LogP contribution in [0.3, 0.4) is 0 Å². The first kappa shape index (κ1) is 25.7. The predicted molar refractivity (Wildman–Crippen MR) is 142 cm³/mol. The van der Waals surface area contributed by atoms with Gasteiger partial charge in [-0.25, -0.2) is 14.4 Å². The van der Waals surface area contributed by atoms with Crippen LogP contribution >= 0.6 is 0 Å². The van der Waals surface area contributed by atoms with Gasteiger partial charge in [-0.2, -0.15) is 5.10 Å². The molecule has 2 aromatic heterocycles. The smallest absolute Gasteiger partial charge is 0.246 e. The van der Waals surface area contributed by atoms with Gasteiger partial charge in [-0.15, -0.1) is 0 Å². The molecule has 1 aliphatic carbocycles. The number of halogens is 1. The van der Waals surface area contributed by atoms with E-state index in [0.717, 1.165) is 40.9 Å². The summed E-state index contributed by atoms with van der Waals surface area (Å²) in [7, 11) is 0. The van der Waals surface area contributed by atoms with Gasteiger partial charge in [-0.1, -0.05) is 26.0 Å². The van der Waals surface area contributed by atoms with Crippen LogP contribution in [0.4, 0.5) is 15.9 Å². The van der Waals surface area contributed by atoms with Gasteiger partial charge in [-0.3, -0.25) is 9.89 Å². The van der Waals surface area contributed by atoms with Gasteiger partial charge in [0.15, 0.2) is 5.82 Å². The number of aromatic amines is 1. The van der Waals surface area contributed by atoms with Gasteiger partial charge in [0.2, 0.25) is 5.91 Å². The van der Waals surface area contributed by atoms with E-state index in [1.54, 1.807) is 6.20 Å². The molecule has 1 aromatic carbocycles. The Morgan fingerprint density at radius 3 is 2.74 bits per heavy atom. The Labute approximate surface area is 220 Å². The van der Waals surface area contributed by atoms with Gasteiger partial charge in [-0.05, 0) is 42.7 Å². The van der Waals surface area contributed by atoms with Crippen molar-refractivity contribution in [3.63, 3.8) is 0 Å². The third-order valence-electron chi connectivity index (χ3n) is 6.70. The molecule has 1 aliphatic heterocycles. The molecule has 3 N–H and O–H groups in total. The topological polar surface area (TPSA) is 114 Å². The first-order valence-electron chi connectivity index (χ1n) is 12.8. The van der Waals surface area contributed by atoms with Crippen molar-refractivity contribution in [2.24, 2.45) is 0 Å². The van der Waals surface area contributed by atoms with E-state index in [9.17, 15) is 9.18 Å². The highest BCUT2D eigenvalue weighted by Gasteiger charge is 2.25. The molecule has 0 saturated carbocycles. The number of aromatic nitrogens is 4. The summed E-state index contributed by atoms with van der Waals surface area (Å²) in [6, 6.07) is 8.03. The van der Waals surface area contributed by atoms with Crippen LogP contribution in [0.15, 0.2) is 54.6 Å². The van der Waals surface area contributed by atoms with Crippen molar-refractivity contribution in [1.82, 2.24) is 25.5 Å². The van der Waals surface area contributed by atoms with Gasteiger partial charge < -0.3 is 20.1 Å². The average Bonchev–Trinajstić information content (AvgIpc) is 3.63. The highest BCUT2D eigenvalue weighted by atomic mass is 19.1. The lowest BCUT2D eigenvalue weighted by Crippen LogP contribution is -2.37. The van der Waals surface area contributed by atoms with Crippen LogP contribution in [-0.2, 0) is 27.5 Å². The summed E-state index contributed by atoms with van der Waals surface area (Å²) in [5, 5.41) is 13.1. The number of hydrogen-bond acceptors (Lipinski definition) is 7. The first-order chi connectivity index (χ1) is 18.5. The second-order valence-corrected chi connectivity index (χ2v) is 9.36. The van der Waals surface area contributed by atoms with E-state index in [4.69, 9.17) is 14.5 Å². The largest absolute Gasteiger partial charge is 0.370 e. The summed E-state index contributed by atoms with van der Waals surface area (Å²) >= 11 is 0. The molecular weight excluding hydrogens is 487 g/mol. The summed E-state index contributed by atoms with van der Waals surface area (Å²) in [4.78, 5) is 21.7. The zero-order valence-corrected chi connectivity index (χ0v) is 21.5. The minimum absolute atomic E-state index is 0.106. The van der Waals surface area contributed by atoms with Gasteiger partial charge in [0.05, 0.1) is 31.2 Å². The van der Waals surface area contributed by atoms with Gasteiger partial charge in [0.1, 0.15) is 18.3 Å². The fraction of sp³-hybridized carbons (Fsp3) is 0.357. The number of rotatable bonds is 10. The number of hydrogen-bond donors (Lipinski definition) is 3. The number of ether oxygens (including phenoxy) is 2. The second kappa shape index (κ2) is 11.7. The highest BCUT2D eigenvalue weighted by Crippen LogP contribution is 2.33. The van der Waals surface area contributed by atoms with Gasteiger partial charge in [0, 0.05) is 41.0 Å². The molecule has 3 aromatic rings. The van der Waals surface area contributed by atoms with E-state index in [0.29, 0.717) is 36.8 Å². The molecule has 0 fully saturated rings. The molecule has 1 unspecified atom stereocenters. The van der Waals surface area contributed by atoms with E-state index < -0.39 is 11.9 Å². The van der Waals surface area contributed by atoms with Crippen LogP contribution in [0.25, 0.3) is 16.7 Å². The van der Waals surface area contributed by atoms with Crippen molar-refractivity contribution >= 4 is 23.0 Å². The lowest BCUT2D eigenvalue weighted by molar-refractivity contribution is -0.127. The van der Waals surface area contributed by atoms with Crippen LogP contribution < -0.4 is 10.6 Å². The summed E-state index contributed by atoms with van der Waals surface area (Å²) < 4.78 is 26.0. The van der Waals surface area contributed by atoms with E-state index >= 15 is 0 Å². The number of allylic oxidation sites excluding steroid dienone is 2. The van der Waals surface area contributed by atoms with Crippen molar-refractivity contribution in [3.8, 4) is 11.1 Å². The highest BCUT2D eigenvalue weighted by molar-refractivity contribution is 5.77. The average molecular weight is 519 g/mol. The molecule has 0 radical (unpaired) electrons. The number of amides is 1. The zero-order valence-electron chi connectivity index (χ0n) is 21.5. The van der Waals surface area contributed by atoms with Gasteiger partial charge in [0.25, 0.3) is 0 Å². The molecule has 38 heavy (non-hydrogen) atoms. The SMILES string of the molecule is CCC(CC)NC(=O)COC1C=C(F)C=C(c2nc3c(c(Nc4ccc(-c5cn[nH]c5)cc4)n2)COC3)C1. The Bertz CT molecular complexity index is 1330. The molecule has 10 heteroatoms. The van der Waals surface area contributed by atoms with Crippen LogP contribution in [-0.4, -0.2) is 44.8 Å². The van der Waals surface area contributed by atoms with Crippen molar-refractivity contribution in [1.29, 1.82) is 0 Å². The Morgan fingerprint density at radius 2 is 2.00 bits per heavy atom. The molecule has 5 rings (SSSR count). The monoisotopic (exact) mass is 518 g/mol. The summed E-state index contributed by atoms with van der Waals surface area (Å²) in [5.41, 5.74) is 5.14. The van der Waals surface area contributed by atoms with Crippen LogP contribution in [0.1, 0.15) is 50.2 Å². The molecule has 0 spiro atoms. The Kier molecular flexibility index (Phi) is 7.90. The molecule has 198 valence electrons. The molecule has 0 saturated heterocycles. The number of nitrogens with zero attached hydrogens (tertiary/aromatic N) is 3. The second-order valence-electron chi connectivity index (χ2n) is 9.36. The number of benzene rings is 1. The molecule has 1 atom stereocenters. The Morgan fingerprint density at radius 1 is 1.18 bits per heavy atom. The molecule has 9 nitrogen and oxygen atoms in total. The summed E-state index contributed by atoms with van der Waals surface area (Å²) in [5.74, 6) is 0.377. The number of carbonyl (C=O) groups excluding carboxylic acids is 1. The van der Waals surface area contributed by atoms with Crippen LogP contribution in [0, 0.1) is 0 Å². The Balaban J connectivity index is 1.31. The third-order valence-corrected chi connectivity index (χ3v) is 6.70. The van der Waals surface area contributed by atoms with E-state index in [-0.39, 0.29) is 18.6 Å². The maximum absolute atomic E-state index is 14.6. The molecule has 1 amide bonds. The normalized spacial score (nSPS) is 16.7. The third kappa shape index (κ3) is 5.98. The maximum atomic E-state index is 14.6. The lowest BCUT2D eigenvalue weighted by Gasteiger charge is -2.21. The lowest BCUT2D eigenvalue weighted by atomic mass is 10.0. The van der Waals surface area contributed by atoms with Crippen molar-refractivity contribution in [2.45, 2.75) is 58.5 Å². The van der Waals surface area contributed by atoms with Gasteiger partial charge >= 0.3 is 0 Å². The number of H-pyrrole nitrogens is 1. The first-order valence-corrected chi connectivity index (χ1v) is 12.8. The summed E-state index contributed by atoms with van der Waals surface area (Å²) in [6.45, 7) is 4.66. The standard InChI is InChI=1S/C28H31FN6O3/c1-3-21(4-2)32-26(36)16-38-23-10-18(9-20(29)11-23)27-34-25-15-37-14-24(25)28(35-27)33-22-7-5-17(6-8-22)19-12-30-31-13-19/h5-9,11-13,21,23H,3-4,10,14-16H2,1-2H3,(H,30,31)(H,32,36)(H,33,34,35). The molecule has 2 aliphatic rings. The minimum Gasteiger partial charge on any atom is -0.370 e. The maximum Gasteiger partial charge on any atom is 0.246 e. The quantitative estimate of drug-likeness (QED) is 0.347. The van der Waals surface area contributed by atoms with E-state index in [1.807, 2.05) is 44.3 Å². The number of nitrogens with one attached hydrogen (secondary N) is 3. The van der Waals surface area contributed by atoms with E-state index in [1.165, 1.54) is 12.2 Å². The fourth-order valence-electron chi connectivity index (χ4n) is 4.52. The number of carbonyl (C=O) groups is 1. The van der Waals surface area contributed by atoms with Crippen molar-refractivity contribution in [2.75, 3.05) is 11.9 Å². The van der Waals surface area contributed by atoms with Crippen LogP contribution in [0.2, 0.25) is 0 Å². The fourth-order valence-corrected chi connectivity index (χ4v) is 4.52. The molecule has 0 bridgehead atoms. The molecular formula is C28H31FN6O3. The summed E-state index contributed by atoms with van der Waals surface area (Å²) in [6.07, 6.45) is 7.86. The molecule has 3 heterocycles. The van der Waals surface area contributed by atoms with E-state index in [2.05, 4.69) is 25.8 Å². The van der Waals surface area contributed by atoms with Crippen molar-refractivity contribution in [3.05, 3.63) is 71.7 Å². The predicted octanol–water partition coefficient (Wildman–Crippen LogP) is 4.97.